The third-order valence-corrected chi connectivity index (χ3v) is 6.75. The molecule has 9 nitrogen and oxygen atoms in total. The molecule has 3 heterocycles. The average Bonchev–Trinajstić information content (AvgIpc) is 2.86. The number of aromatic hydroxyl groups is 1. The Morgan fingerprint density at radius 3 is 2.56 bits per heavy atom. The maximum absolute atomic E-state index is 12.9. The van der Waals surface area contributed by atoms with Gasteiger partial charge in [-0.1, -0.05) is 15.9 Å². The Kier molecular flexibility index (Phi) is 6.55. The summed E-state index contributed by atoms with van der Waals surface area (Å²) in [4.78, 5) is 41.1. The molecule has 0 aliphatic carbocycles. The van der Waals surface area contributed by atoms with Crippen LogP contribution >= 0.6 is 15.9 Å². The molecule has 1 N–H and O–H groups in total. The molecular weight excluding hydrogens is 532 g/mol. The molecule has 1 fully saturated rings. The number of phenols is 1. The van der Waals surface area contributed by atoms with E-state index in [2.05, 4.69) is 20.8 Å². The van der Waals surface area contributed by atoms with Gasteiger partial charge < -0.3 is 23.6 Å². The van der Waals surface area contributed by atoms with Crippen molar-refractivity contribution in [3.63, 3.8) is 0 Å². The molecule has 2 aromatic carbocycles. The molecule has 0 atom stereocenters. The first-order chi connectivity index (χ1) is 17.3. The van der Waals surface area contributed by atoms with Gasteiger partial charge in [-0.15, -0.1) is 0 Å². The lowest BCUT2D eigenvalue weighted by molar-refractivity contribution is 0.0776. The Bertz CT molecular complexity index is 1590. The number of phenolic OH excluding ortho intramolecular Hbond substituents is 1. The summed E-state index contributed by atoms with van der Waals surface area (Å²) in [5.74, 6) is -0.0231. The number of ether oxygens (including phenoxy) is 1. The summed E-state index contributed by atoms with van der Waals surface area (Å²) in [6.07, 6.45) is -0.345. The predicted molar refractivity (Wildman–Crippen MR) is 137 cm³/mol. The van der Waals surface area contributed by atoms with Gasteiger partial charge in [0.05, 0.1) is 17.7 Å². The second-order valence-corrected chi connectivity index (χ2v) is 9.43. The zero-order valence-electron chi connectivity index (χ0n) is 19.5. The second kappa shape index (κ2) is 9.79. The normalized spacial score (nSPS) is 14.4. The molecule has 1 saturated heterocycles. The summed E-state index contributed by atoms with van der Waals surface area (Å²) < 4.78 is 16.9. The SMILES string of the molecule is CCOC(=O)N1CCN(Cc2c(O)ccc3c(-c4cc5cc(Br)ccc5oc4=O)cc(=O)oc23)CC1. The number of carbonyl (C=O) groups excluding carboxylic acids is 1. The first kappa shape index (κ1) is 24.1. The van der Waals surface area contributed by atoms with Crippen LogP contribution in [0.3, 0.4) is 0 Å². The molecule has 36 heavy (non-hydrogen) atoms. The minimum absolute atomic E-state index is 0.0231. The van der Waals surface area contributed by atoms with E-state index in [4.69, 9.17) is 13.6 Å². The standard InChI is InChI=1S/C26H23BrN2O7/c1-2-34-26(33)29-9-7-28(8-10-29)14-20-21(30)5-4-17-18(13-23(31)36-24(17)20)19-12-15-11-16(27)3-6-22(15)35-25(19)32/h3-6,11-13,30H,2,7-10,14H2,1H3. The molecule has 4 aromatic rings. The highest BCUT2D eigenvalue weighted by molar-refractivity contribution is 9.10. The average molecular weight is 555 g/mol. The molecular formula is C26H23BrN2O7. The molecule has 0 radical (unpaired) electrons. The van der Waals surface area contributed by atoms with Crippen LogP contribution in [-0.4, -0.2) is 53.8 Å². The number of nitrogens with zero attached hydrogens (tertiary/aromatic N) is 2. The van der Waals surface area contributed by atoms with E-state index in [-0.39, 0.29) is 23.0 Å². The van der Waals surface area contributed by atoms with E-state index in [1.165, 1.54) is 12.1 Å². The van der Waals surface area contributed by atoms with E-state index in [1.807, 2.05) is 6.07 Å². The van der Waals surface area contributed by atoms with E-state index in [0.29, 0.717) is 66.8 Å². The molecule has 0 unspecified atom stereocenters. The molecule has 2 aromatic heterocycles. The van der Waals surface area contributed by atoms with Crippen LogP contribution in [0.5, 0.6) is 5.75 Å². The number of fused-ring (bicyclic) bond motifs is 2. The number of carbonyl (C=O) groups is 1. The fourth-order valence-corrected chi connectivity index (χ4v) is 4.84. The van der Waals surface area contributed by atoms with Crippen LogP contribution < -0.4 is 11.3 Å². The van der Waals surface area contributed by atoms with E-state index in [9.17, 15) is 19.5 Å². The lowest BCUT2D eigenvalue weighted by Gasteiger charge is -2.34. The lowest BCUT2D eigenvalue weighted by Crippen LogP contribution is -2.48. The van der Waals surface area contributed by atoms with Crippen LogP contribution in [0, 0.1) is 0 Å². The smallest absolute Gasteiger partial charge is 0.409 e. The molecule has 0 spiro atoms. The van der Waals surface area contributed by atoms with Gasteiger partial charge in [-0.3, -0.25) is 4.90 Å². The van der Waals surface area contributed by atoms with E-state index >= 15 is 0 Å². The van der Waals surface area contributed by atoms with Gasteiger partial charge in [0, 0.05) is 59.6 Å². The highest BCUT2D eigenvalue weighted by Gasteiger charge is 2.24. The van der Waals surface area contributed by atoms with Crippen molar-refractivity contribution in [3.8, 4) is 16.9 Å². The maximum Gasteiger partial charge on any atom is 0.409 e. The van der Waals surface area contributed by atoms with Crippen molar-refractivity contribution in [2.24, 2.45) is 0 Å². The number of benzene rings is 2. The van der Waals surface area contributed by atoms with Gasteiger partial charge in [-0.05, 0) is 43.3 Å². The minimum atomic E-state index is -0.648. The van der Waals surface area contributed by atoms with Gasteiger partial charge >= 0.3 is 17.3 Å². The monoisotopic (exact) mass is 554 g/mol. The minimum Gasteiger partial charge on any atom is -0.507 e. The van der Waals surface area contributed by atoms with Crippen molar-refractivity contribution < 1.29 is 23.5 Å². The third kappa shape index (κ3) is 4.61. The maximum atomic E-state index is 12.9. The Morgan fingerprint density at radius 2 is 1.81 bits per heavy atom. The van der Waals surface area contributed by atoms with Gasteiger partial charge in [0.1, 0.15) is 16.9 Å². The predicted octanol–water partition coefficient (Wildman–Crippen LogP) is 4.31. The van der Waals surface area contributed by atoms with Gasteiger partial charge in [0.15, 0.2) is 0 Å². The first-order valence-corrected chi connectivity index (χ1v) is 12.3. The molecule has 10 heteroatoms. The van der Waals surface area contributed by atoms with Crippen molar-refractivity contribution in [2.45, 2.75) is 13.5 Å². The summed E-state index contributed by atoms with van der Waals surface area (Å²) in [5, 5.41) is 11.9. The lowest BCUT2D eigenvalue weighted by atomic mass is 9.99. The number of piperazine rings is 1. The second-order valence-electron chi connectivity index (χ2n) is 8.51. The number of amides is 1. The molecule has 1 amide bonds. The zero-order chi connectivity index (χ0) is 25.4. The fraction of sp³-hybridized carbons (Fsp3) is 0.269. The zero-order valence-corrected chi connectivity index (χ0v) is 21.0. The van der Waals surface area contributed by atoms with Gasteiger partial charge in [0.25, 0.3) is 0 Å². The fourth-order valence-electron chi connectivity index (χ4n) is 4.46. The highest BCUT2D eigenvalue weighted by Crippen LogP contribution is 2.34. The number of halogens is 1. The van der Waals surface area contributed by atoms with Crippen LogP contribution in [-0.2, 0) is 11.3 Å². The van der Waals surface area contributed by atoms with Crippen LogP contribution in [0.15, 0.2) is 65.4 Å². The Hall–Kier alpha value is -3.63. The first-order valence-electron chi connectivity index (χ1n) is 11.5. The topological polar surface area (TPSA) is 113 Å². The van der Waals surface area contributed by atoms with Crippen LogP contribution in [0.25, 0.3) is 33.1 Å². The molecule has 5 rings (SSSR count). The van der Waals surface area contributed by atoms with E-state index in [1.54, 1.807) is 36.1 Å². The van der Waals surface area contributed by atoms with Crippen molar-refractivity contribution >= 4 is 44.0 Å². The van der Waals surface area contributed by atoms with E-state index in [0.717, 1.165) is 4.47 Å². The van der Waals surface area contributed by atoms with Gasteiger partial charge in [0.2, 0.25) is 0 Å². The third-order valence-electron chi connectivity index (χ3n) is 6.26. The van der Waals surface area contributed by atoms with E-state index < -0.39 is 11.3 Å². The van der Waals surface area contributed by atoms with Gasteiger partial charge in [-0.25, -0.2) is 14.4 Å². The number of hydrogen-bond donors (Lipinski definition) is 1. The summed E-state index contributed by atoms with van der Waals surface area (Å²) in [7, 11) is 0. The summed E-state index contributed by atoms with van der Waals surface area (Å²) in [6.45, 7) is 4.45. The molecule has 186 valence electrons. The summed E-state index contributed by atoms with van der Waals surface area (Å²) in [5.41, 5.74) is 0.428. The van der Waals surface area contributed by atoms with Crippen molar-refractivity contribution in [1.29, 1.82) is 0 Å². The van der Waals surface area contributed by atoms with Crippen molar-refractivity contribution in [1.82, 2.24) is 9.80 Å². The molecule has 0 saturated carbocycles. The van der Waals surface area contributed by atoms with Crippen LogP contribution in [0.4, 0.5) is 4.79 Å². The van der Waals surface area contributed by atoms with Crippen molar-refractivity contribution in [2.75, 3.05) is 32.8 Å². The Balaban J connectivity index is 1.54. The Labute approximate surface area is 213 Å². The van der Waals surface area contributed by atoms with Crippen LogP contribution in [0.2, 0.25) is 0 Å². The van der Waals surface area contributed by atoms with Crippen molar-refractivity contribution in [3.05, 3.63) is 73.3 Å². The quantitative estimate of drug-likeness (QED) is 0.371. The molecule has 1 aliphatic heterocycles. The number of rotatable bonds is 4. The van der Waals surface area contributed by atoms with Crippen LogP contribution in [0.1, 0.15) is 12.5 Å². The largest absolute Gasteiger partial charge is 0.507 e. The molecule has 0 bridgehead atoms. The molecule has 1 aliphatic rings. The Morgan fingerprint density at radius 1 is 1.03 bits per heavy atom. The van der Waals surface area contributed by atoms with Gasteiger partial charge in [-0.2, -0.15) is 0 Å². The summed E-state index contributed by atoms with van der Waals surface area (Å²) >= 11 is 3.42. The number of hydrogen-bond acceptors (Lipinski definition) is 8. The summed E-state index contributed by atoms with van der Waals surface area (Å²) in [6, 6.07) is 11.4. The highest BCUT2D eigenvalue weighted by atomic mass is 79.9.